The molecule has 0 unspecified atom stereocenters. The van der Waals surface area contributed by atoms with Gasteiger partial charge in [-0.3, -0.25) is 4.98 Å². The van der Waals surface area contributed by atoms with E-state index in [9.17, 15) is 0 Å². The first-order chi connectivity index (χ1) is 7.13. The van der Waals surface area contributed by atoms with E-state index in [4.69, 9.17) is 28.9 Å². The minimum absolute atomic E-state index is 0.430. The van der Waals surface area contributed by atoms with E-state index in [0.29, 0.717) is 16.6 Å². The molecule has 78 valence electrons. The third kappa shape index (κ3) is 1.81. The predicted octanol–water partition coefficient (Wildman–Crippen LogP) is 3.31. The van der Waals surface area contributed by atoms with Crippen LogP contribution in [0.15, 0.2) is 18.2 Å². The van der Waals surface area contributed by atoms with Crippen molar-refractivity contribution in [1.29, 1.82) is 0 Å². The van der Waals surface area contributed by atoms with E-state index in [-0.39, 0.29) is 0 Å². The van der Waals surface area contributed by atoms with Crippen LogP contribution in [0.1, 0.15) is 11.3 Å². The molecule has 2 rings (SSSR count). The Bertz CT molecular complexity index is 523. The fourth-order valence-electron chi connectivity index (χ4n) is 1.65. The van der Waals surface area contributed by atoms with Crippen LogP contribution in [0.25, 0.3) is 10.9 Å². The zero-order valence-corrected chi connectivity index (χ0v) is 9.73. The zero-order valence-electron chi connectivity index (χ0n) is 8.22. The highest BCUT2D eigenvalue weighted by molar-refractivity contribution is 6.40. The molecular weight excluding hydrogens is 231 g/mol. The second-order valence-corrected chi connectivity index (χ2v) is 4.19. The SMILES string of the molecule is Cc1cc(CN)c2c(Cl)ccc(Cl)c2n1. The number of nitrogens with two attached hydrogens (primary N) is 1. The van der Waals surface area contributed by atoms with Gasteiger partial charge in [0.1, 0.15) is 0 Å². The minimum Gasteiger partial charge on any atom is -0.326 e. The average molecular weight is 241 g/mol. The van der Waals surface area contributed by atoms with E-state index >= 15 is 0 Å². The Morgan fingerprint density at radius 3 is 2.60 bits per heavy atom. The molecule has 0 aliphatic rings. The number of fused-ring (bicyclic) bond motifs is 1. The van der Waals surface area contributed by atoms with E-state index < -0.39 is 0 Å². The molecule has 0 radical (unpaired) electrons. The van der Waals surface area contributed by atoms with Crippen molar-refractivity contribution in [2.45, 2.75) is 13.5 Å². The molecule has 1 heterocycles. The second-order valence-electron chi connectivity index (χ2n) is 3.38. The maximum atomic E-state index is 6.11. The largest absolute Gasteiger partial charge is 0.326 e. The van der Waals surface area contributed by atoms with Gasteiger partial charge in [0.2, 0.25) is 0 Å². The van der Waals surface area contributed by atoms with E-state index in [2.05, 4.69) is 4.98 Å². The molecule has 0 amide bonds. The Labute approximate surface area is 98.0 Å². The molecule has 0 atom stereocenters. The van der Waals surface area contributed by atoms with Crippen LogP contribution in [0.4, 0.5) is 0 Å². The summed E-state index contributed by atoms with van der Waals surface area (Å²) in [5.74, 6) is 0. The first kappa shape index (κ1) is 10.7. The fourth-order valence-corrected chi connectivity index (χ4v) is 2.12. The number of hydrogen-bond donors (Lipinski definition) is 1. The molecule has 1 aromatic carbocycles. The van der Waals surface area contributed by atoms with Crippen molar-refractivity contribution in [2.24, 2.45) is 5.73 Å². The van der Waals surface area contributed by atoms with E-state index in [0.717, 1.165) is 22.2 Å². The van der Waals surface area contributed by atoms with Gasteiger partial charge in [0, 0.05) is 17.6 Å². The molecule has 0 spiro atoms. The lowest BCUT2D eigenvalue weighted by molar-refractivity contribution is 1.07. The lowest BCUT2D eigenvalue weighted by Crippen LogP contribution is -2.00. The summed E-state index contributed by atoms with van der Waals surface area (Å²) < 4.78 is 0. The van der Waals surface area contributed by atoms with Gasteiger partial charge in [0.25, 0.3) is 0 Å². The number of rotatable bonds is 1. The van der Waals surface area contributed by atoms with Gasteiger partial charge >= 0.3 is 0 Å². The Hall–Kier alpha value is -0.830. The lowest BCUT2D eigenvalue weighted by Gasteiger charge is -2.08. The Morgan fingerprint density at radius 1 is 1.27 bits per heavy atom. The first-order valence-electron chi connectivity index (χ1n) is 4.58. The summed E-state index contributed by atoms with van der Waals surface area (Å²) in [6.07, 6.45) is 0. The number of aromatic nitrogens is 1. The summed E-state index contributed by atoms with van der Waals surface area (Å²) in [5, 5.41) is 2.10. The Morgan fingerprint density at radius 2 is 1.93 bits per heavy atom. The molecule has 2 nitrogen and oxygen atoms in total. The van der Waals surface area contributed by atoms with Gasteiger partial charge < -0.3 is 5.73 Å². The molecule has 0 aliphatic carbocycles. The maximum absolute atomic E-state index is 6.11. The van der Waals surface area contributed by atoms with Crippen LogP contribution in [0.5, 0.6) is 0 Å². The quantitative estimate of drug-likeness (QED) is 0.831. The molecule has 1 aromatic heterocycles. The smallest absolute Gasteiger partial charge is 0.0909 e. The summed E-state index contributed by atoms with van der Waals surface area (Å²) in [6.45, 7) is 2.34. The van der Waals surface area contributed by atoms with Gasteiger partial charge in [0.15, 0.2) is 0 Å². The van der Waals surface area contributed by atoms with Gasteiger partial charge in [0.05, 0.1) is 15.6 Å². The third-order valence-corrected chi connectivity index (χ3v) is 2.91. The van der Waals surface area contributed by atoms with Crippen LogP contribution in [0.3, 0.4) is 0 Å². The second kappa shape index (κ2) is 3.97. The van der Waals surface area contributed by atoms with Crippen molar-refractivity contribution < 1.29 is 0 Å². The van der Waals surface area contributed by atoms with Crippen LogP contribution in [-0.4, -0.2) is 4.98 Å². The highest BCUT2D eigenvalue weighted by Crippen LogP contribution is 2.31. The van der Waals surface area contributed by atoms with E-state index in [1.165, 1.54) is 0 Å². The van der Waals surface area contributed by atoms with Crippen molar-refractivity contribution in [2.75, 3.05) is 0 Å². The van der Waals surface area contributed by atoms with Gasteiger partial charge in [-0.1, -0.05) is 23.2 Å². The maximum Gasteiger partial charge on any atom is 0.0909 e. The summed E-state index contributed by atoms with van der Waals surface area (Å²) in [4.78, 5) is 4.37. The number of hydrogen-bond acceptors (Lipinski definition) is 2. The van der Waals surface area contributed by atoms with Crippen molar-refractivity contribution >= 4 is 34.1 Å². The van der Waals surface area contributed by atoms with Crippen LogP contribution >= 0.6 is 23.2 Å². The summed E-state index contributed by atoms with van der Waals surface area (Å²) in [6, 6.07) is 5.45. The number of halogens is 2. The number of nitrogens with zero attached hydrogens (tertiary/aromatic N) is 1. The first-order valence-corrected chi connectivity index (χ1v) is 5.33. The normalized spacial score (nSPS) is 10.9. The monoisotopic (exact) mass is 240 g/mol. The number of benzene rings is 1. The van der Waals surface area contributed by atoms with Crippen molar-refractivity contribution in [3.8, 4) is 0 Å². The van der Waals surface area contributed by atoms with Crippen molar-refractivity contribution in [3.63, 3.8) is 0 Å². The minimum atomic E-state index is 0.430. The molecule has 2 N–H and O–H groups in total. The predicted molar refractivity (Wildman–Crippen MR) is 64.4 cm³/mol. The topological polar surface area (TPSA) is 38.9 Å². The van der Waals surface area contributed by atoms with E-state index in [1.807, 2.05) is 13.0 Å². The molecule has 0 bridgehead atoms. The standard InChI is InChI=1S/C11H10Cl2N2/c1-6-4-7(5-14)10-8(12)2-3-9(13)11(10)15-6/h2-4H,5,14H2,1H3. The van der Waals surface area contributed by atoms with Crippen LogP contribution in [-0.2, 0) is 6.54 Å². The third-order valence-electron chi connectivity index (χ3n) is 2.29. The highest BCUT2D eigenvalue weighted by atomic mass is 35.5. The van der Waals surface area contributed by atoms with Gasteiger partial charge in [-0.05, 0) is 30.7 Å². The Balaban J connectivity index is 2.95. The number of aryl methyl sites for hydroxylation is 1. The molecule has 4 heteroatoms. The van der Waals surface area contributed by atoms with Gasteiger partial charge in [-0.2, -0.15) is 0 Å². The van der Waals surface area contributed by atoms with Gasteiger partial charge in [-0.15, -0.1) is 0 Å². The number of pyridine rings is 1. The average Bonchev–Trinajstić information content (AvgIpc) is 2.22. The molecule has 0 saturated heterocycles. The molecular formula is C11H10Cl2N2. The summed E-state index contributed by atoms with van der Waals surface area (Å²) in [5.41, 5.74) is 8.27. The fraction of sp³-hybridized carbons (Fsp3) is 0.182. The lowest BCUT2D eigenvalue weighted by atomic mass is 10.1. The van der Waals surface area contributed by atoms with Crippen molar-refractivity contribution in [1.82, 2.24) is 4.98 Å². The van der Waals surface area contributed by atoms with Crippen LogP contribution < -0.4 is 5.73 Å². The zero-order chi connectivity index (χ0) is 11.0. The van der Waals surface area contributed by atoms with Crippen LogP contribution in [0.2, 0.25) is 10.0 Å². The molecule has 15 heavy (non-hydrogen) atoms. The molecule has 2 aromatic rings. The van der Waals surface area contributed by atoms with Crippen molar-refractivity contribution in [3.05, 3.63) is 39.5 Å². The molecule has 0 saturated carbocycles. The highest BCUT2D eigenvalue weighted by Gasteiger charge is 2.09. The van der Waals surface area contributed by atoms with E-state index in [1.54, 1.807) is 12.1 Å². The molecule has 0 aliphatic heterocycles. The summed E-state index contributed by atoms with van der Waals surface area (Å²) in [7, 11) is 0. The molecule has 0 fully saturated rings. The Kier molecular flexibility index (Phi) is 2.83. The van der Waals surface area contributed by atoms with Gasteiger partial charge in [-0.25, -0.2) is 0 Å². The van der Waals surface area contributed by atoms with Crippen LogP contribution in [0, 0.1) is 6.92 Å². The summed E-state index contributed by atoms with van der Waals surface area (Å²) >= 11 is 12.2.